The average molecular weight is 580 g/mol. The summed E-state index contributed by atoms with van der Waals surface area (Å²) in [5.41, 5.74) is -0.973. The highest BCUT2D eigenvalue weighted by atomic mass is 79.9. The molecular formula is C27H22BrF4NO4. The zero-order chi connectivity index (χ0) is 26.7. The van der Waals surface area contributed by atoms with Crippen LogP contribution in [-0.4, -0.2) is 23.1 Å². The maximum atomic E-state index is 14.4. The van der Waals surface area contributed by atoms with Crippen LogP contribution < -0.4 is 10.1 Å². The minimum absolute atomic E-state index is 0.0208. The number of para-hydroxylation sites is 1. The first kappa shape index (κ1) is 26.7. The van der Waals surface area contributed by atoms with E-state index in [-0.39, 0.29) is 12.5 Å². The molecule has 0 radical (unpaired) electrons. The number of rotatable bonds is 6. The zero-order valence-electron chi connectivity index (χ0n) is 19.2. The van der Waals surface area contributed by atoms with Gasteiger partial charge in [-0.3, -0.25) is 9.59 Å². The number of alkyl halides is 3. The number of nitrogens with one attached hydrogen (secondary N) is 1. The standard InChI is InChI=1S/C27H22BrF4NO4/c28-17-9-6-15(7-10-17)20-13-19(37-18-4-2-1-3-5-18)14-21(24(20)26(35)36)25(34)33-23-11-8-16(12-22(23)29)27(30,31)32/h1-12,19-21,24H,13-14H2,(H,33,34)(H,35,36)/t19-,20-,21-,24-/m1/s1. The van der Waals surface area contributed by atoms with Crippen molar-refractivity contribution in [2.45, 2.75) is 31.0 Å². The summed E-state index contributed by atoms with van der Waals surface area (Å²) in [5.74, 6) is -5.67. The molecule has 1 fully saturated rings. The molecular weight excluding hydrogens is 558 g/mol. The van der Waals surface area contributed by atoms with Crippen LogP contribution >= 0.6 is 15.9 Å². The second-order valence-corrected chi connectivity index (χ2v) is 9.75. The summed E-state index contributed by atoms with van der Waals surface area (Å²) in [5, 5.41) is 12.4. The zero-order valence-corrected chi connectivity index (χ0v) is 20.8. The molecule has 3 aromatic carbocycles. The monoisotopic (exact) mass is 579 g/mol. The number of benzene rings is 3. The van der Waals surface area contributed by atoms with Gasteiger partial charge in [0.05, 0.1) is 23.1 Å². The van der Waals surface area contributed by atoms with Crippen LogP contribution in [0.1, 0.15) is 29.9 Å². The van der Waals surface area contributed by atoms with E-state index >= 15 is 0 Å². The molecule has 0 bridgehead atoms. The van der Waals surface area contributed by atoms with Crippen LogP contribution in [0.4, 0.5) is 23.2 Å². The van der Waals surface area contributed by atoms with E-state index in [4.69, 9.17) is 4.74 Å². The Kier molecular flexibility index (Phi) is 7.87. The van der Waals surface area contributed by atoms with Gasteiger partial charge in [-0.2, -0.15) is 13.2 Å². The molecule has 0 spiro atoms. The molecule has 4 atom stereocenters. The summed E-state index contributed by atoms with van der Waals surface area (Å²) in [6.45, 7) is 0. The lowest BCUT2D eigenvalue weighted by molar-refractivity contribution is -0.150. The number of carbonyl (C=O) groups is 2. The van der Waals surface area contributed by atoms with Crippen LogP contribution in [-0.2, 0) is 15.8 Å². The molecule has 2 N–H and O–H groups in total. The molecule has 1 amide bonds. The van der Waals surface area contributed by atoms with Crippen molar-refractivity contribution in [1.82, 2.24) is 0 Å². The largest absolute Gasteiger partial charge is 0.490 e. The molecule has 5 nitrogen and oxygen atoms in total. The number of halogens is 5. The number of anilines is 1. The van der Waals surface area contributed by atoms with Crippen LogP contribution in [0.2, 0.25) is 0 Å². The molecule has 0 aliphatic heterocycles. The van der Waals surface area contributed by atoms with Crippen molar-refractivity contribution >= 4 is 33.5 Å². The molecule has 37 heavy (non-hydrogen) atoms. The predicted octanol–water partition coefficient (Wildman–Crippen LogP) is 6.89. The molecule has 1 saturated carbocycles. The van der Waals surface area contributed by atoms with Crippen LogP contribution in [0.5, 0.6) is 5.75 Å². The molecule has 0 aromatic heterocycles. The van der Waals surface area contributed by atoms with E-state index in [1.54, 1.807) is 48.5 Å². The van der Waals surface area contributed by atoms with Crippen molar-refractivity contribution < 1.29 is 37.0 Å². The van der Waals surface area contributed by atoms with Crippen molar-refractivity contribution in [3.05, 3.63) is 94.2 Å². The lowest BCUT2D eigenvalue weighted by Gasteiger charge is -2.39. The molecule has 0 unspecified atom stereocenters. The van der Waals surface area contributed by atoms with Crippen molar-refractivity contribution in [3.63, 3.8) is 0 Å². The Bertz CT molecular complexity index is 1270. The number of hydrogen-bond acceptors (Lipinski definition) is 3. The van der Waals surface area contributed by atoms with Gasteiger partial charge in [-0.15, -0.1) is 0 Å². The van der Waals surface area contributed by atoms with Gasteiger partial charge < -0.3 is 15.2 Å². The first-order valence-corrected chi connectivity index (χ1v) is 12.2. The van der Waals surface area contributed by atoms with E-state index in [0.717, 1.165) is 10.5 Å². The molecule has 1 aliphatic rings. The Balaban J connectivity index is 1.66. The Morgan fingerprint density at radius 1 is 0.973 bits per heavy atom. The van der Waals surface area contributed by atoms with Gasteiger partial charge in [-0.25, -0.2) is 4.39 Å². The summed E-state index contributed by atoms with van der Waals surface area (Å²) in [6, 6.07) is 17.7. The highest BCUT2D eigenvalue weighted by Gasteiger charge is 2.47. The predicted molar refractivity (Wildman–Crippen MR) is 132 cm³/mol. The minimum atomic E-state index is -4.75. The first-order chi connectivity index (χ1) is 17.5. The third kappa shape index (κ3) is 6.30. The number of hydrogen-bond donors (Lipinski definition) is 2. The van der Waals surface area contributed by atoms with Crippen LogP contribution in [0, 0.1) is 17.7 Å². The van der Waals surface area contributed by atoms with Crippen LogP contribution in [0.25, 0.3) is 0 Å². The summed E-state index contributed by atoms with van der Waals surface area (Å²) >= 11 is 3.35. The van der Waals surface area contributed by atoms with E-state index in [2.05, 4.69) is 21.2 Å². The Hall–Kier alpha value is -3.40. The maximum absolute atomic E-state index is 14.4. The van der Waals surface area contributed by atoms with Crippen LogP contribution in [0.3, 0.4) is 0 Å². The van der Waals surface area contributed by atoms with Gasteiger partial charge in [0.25, 0.3) is 0 Å². The second-order valence-electron chi connectivity index (χ2n) is 8.83. The van der Waals surface area contributed by atoms with Gasteiger partial charge in [-0.1, -0.05) is 46.3 Å². The van der Waals surface area contributed by atoms with E-state index in [9.17, 15) is 32.3 Å². The van der Waals surface area contributed by atoms with Crippen LogP contribution in [0.15, 0.2) is 77.3 Å². The molecule has 0 heterocycles. The molecule has 4 rings (SSSR count). The van der Waals surface area contributed by atoms with Crippen molar-refractivity contribution in [3.8, 4) is 5.75 Å². The molecule has 3 aromatic rings. The molecule has 194 valence electrons. The van der Waals surface area contributed by atoms with Gasteiger partial charge in [0.2, 0.25) is 5.91 Å². The first-order valence-electron chi connectivity index (χ1n) is 11.4. The fourth-order valence-electron chi connectivity index (χ4n) is 4.71. The van der Waals surface area contributed by atoms with Crippen molar-refractivity contribution in [1.29, 1.82) is 0 Å². The molecule has 0 saturated heterocycles. The summed E-state index contributed by atoms with van der Waals surface area (Å²) in [6.07, 6.45) is -4.96. The smallest absolute Gasteiger partial charge is 0.416 e. The topological polar surface area (TPSA) is 75.6 Å². The number of carbonyl (C=O) groups excluding carboxylic acids is 1. The van der Waals surface area contributed by atoms with Gasteiger partial charge in [0, 0.05) is 10.4 Å². The lowest BCUT2D eigenvalue weighted by atomic mass is 9.67. The highest BCUT2D eigenvalue weighted by Crippen LogP contribution is 2.44. The summed E-state index contributed by atoms with van der Waals surface area (Å²) in [7, 11) is 0. The molecule has 1 aliphatic carbocycles. The summed E-state index contributed by atoms with van der Waals surface area (Å²) < 4.78 is 60.1. The quantitative estimate of drug-likeness (QED) is 0.312. The fraction of sp³-hybridized carbons (Fsp3) is 0.259. The normalized spacial score (nSPS) is 21.8. The highest BCUT2D eigenvalue weighted by molar-refractivity contribution is 9.10. The number of carboxylic acid groups (broad SMARTS) is 1. The van der Waals surface area contributed by atoms with E-state index < -0.39 is 59.0 Å². The van der Waals surface area contributed by atoms with Crippen molar-refractivity contribution in [2.75, 3.05) is 5.32 Å². The third-order valence-electron chi connectivity index (χ3n) is 6.42. The SMILES string of the molecule is O=C(O)[C@@H]1[C@@H](c2ccc(Br)cc2)C[C@@H](Oc2ccccc2)C[C@H]1C(=O)Nc1ccc(C(F)(F)F)cc1F. The third-order valence-corrected chi connectivity index (χ3v) is 6.95. The minimum Gasteiger partial charge on any atom is -0.490 e. The number of aliphatic carboxylic acids is 1. The summed E-state index contributed by atoms with van der Waals surface area (Å²) in [4.78, 5) is 25.7. The van der Waals surface area contributed by atoms with E-state index in [0.29, 0.717) is 23.8 Å². The maximum Gasteiger partial charge on any atom is 0.416 e. The Labute approximate surface area is 218 Å². The molecule has 10 heteroatoms. The van der Waals surface area contributed by atoms with Gasteiger partial charge in [0.1, 0.15) is 17.7 Å². The van der Waals surface area contributed by atoms with Gasteiger partial charge in [-0.05, 0) is 60.9 Å². The van der Waals surface area contributed by atoms with E-state index in [1.807, 2.05) is 6.07 Å². The fourth-order valence-corrected chi connectivity index (χ4v) is 4.97. The average Bonchev–Trinajstić information content (AvgIpc) is 2.85. The van der Waals surface area contributed by atoms with Gasteiger partial charge in [0.15, 0.2) is 0 Å². The number of amides is 1. The second kappa shape index (κ2) is 10.9. The Morgan fingerprint density at radius 3 is 2.24 bits per heavy atom. The Morgan fingerprint density at radius 2 is 1.65 bits per heavy atom. The van der Waals surface area contributed by atoms with Gasteiger partial charge >= 0.3 is 12.1 Å². The van der Waals surface area contributed by atoms with Crippen molar-refractivity contribution in [2.24, 2.45) is 11.8 Å². The number of ether oxygens (including phenoxy) is 1. The van der Waals surface area contributed by atoms with E-state index in [1.165, 1.54) is 0 Å². The lowest BCUT2D eigenvalue weighted by Crippen LogP contribution is -2.45. The number of carboxylic acids is 1.